The molecule has 2 heterocycles. The molecule has 8 nitrogen and oxygen atoms in total. The molecule has 1 aliphatic heterocycles. The van der Waals surface area contributed by atoms with Crippen LogP contribution in [0.15, 0.2) is 59.5 Å². The van der Waals surface area contributed by atoms with Gasteiger partial charge in [0, 0.05) is 24.6 Å². The van der Waals surface area contributed by atoms with Crippen LogP contribution in [0.4, 0.5) is 10.8 Å². The summed E-state index contributed by atoms with van der Waals surface area (Å²) in [6, 6.07) is 15.7. The van der Waals surface area contributed by atoms with Crippen molar-refractivity contribution in [1.29, 1.82) is 0 Å². The molecule has 0 spiro atoms. The van der Waals surface area contributed by atoms with E-state index in [4.69, 9.17) is 0 Å². The molecule has 31 heavy (non-hydrogen) atoms. The highest BCUT2D eigenvalue weighted by atomic mass is 32.2. The minimum Gasteiger partial charge on any atom is -0.312 e. The summed E-state index contributed by atoms with van der Waals surface area (Å²) in [5.41, 5.74) is 1.76. The number of rotatable bonds is 6. The average molecular weight is 457 g/mol. The Morgan fingerprint density at radius 1 is 1.13 bits per heavy atom. The Labute approximate surface area is 183 Å². The van der Waals surface area contributed by atoms with Crippen LogP contribution in [-0.2, 0) is 19.4 Å². The summed E-state index contributed by atoms with van der Waals surface area (Å²) < 4.78 is 24.9. The largest absolute Gasteiger partial charge is 0.312 e. The van der Waals surface area contributed by atoms with Crippen LogP contribution in [0, 0.1) is 6.92 Å². The Kier molecular flexibility index (Phi) is 5.84. The third-order valence-electron chi connectivity index (χ3n) is 4.93. The molecule has 0 bridgehead atoms. The quantitative estimate of drug-likeness (QED) is 0.611. The highest BCUT2D eigenvalue weighted by Gasteiger charge is 2.34. The Hall–Kier alpha value is -3.11. The predicted molar refractivity (Wildman–Crippen MR) is 118 cm³/mol. The van der Waals surface area contributed by atoms with Crippen molar-refractivity contribution >= 4 is 43.8 Å². The van der Waals surface area contributed by atoms with E-state index in [-0.39, 0.29) is 21.9 Å². The van der Waals surface area contributed by atoms with E-state index in [0.717, 1.165) is 22.6 Å². The van der Waals surface area contributed by atoms with Gasteiger partial charge in [-0.05, 0) is 31.2 Å². The van der Waals surface area contributed by atoms with Crippen molar-refractivity contribution in [2.75, 3.05) is 22.5 Å². The van der Waals surface area contributed by atoms with E-state index in [1.165, 1.54) is 12.1 Å². The number of aromatic nitrogens is 2. The van der Waals surface area contributed by atoms with Crippen molar-refractivity contribution in [2.45, 2.75) is 24.2 Å². The SMILES string of the molecule is Cc1ccc(S(=O)(=O)CC(=O)Nc2nnc([C@@H]3CC(=O)N(c4ccccc4)C3)s2)cc1. The molecule has 2 aromatic carbocycles. The van der Waals surface area contributed by atoms with E-state index < -0.39 is 21.5 Å². The zero-order chi connectivity index (χ0) is 22.0. The number of para-hydroxylation sites is 1. The first-order valence-electron chi connectivity index (χ1n) is 9.60. The van der Waals surface area contributed by atoms with E-state index in [9.17, 15) is 18.0 Å². The lowest BCUT2D eigenvalue weighted by Gasteiger charge is -2.15. The summed E-state index contributed by atoms with van der Waals surface area (Å²) in [5.74, 6) is -1.50. The number of carbonyl (C=O) groups excluding carboxylic acids is 2. The molecule has 0 aliphatic carbocycles. The molecule has 10 heteroatoms. The normalized spacial score (nSPS) is 16.5. The maximum absolute atomic E-state index is 12.4. The summed E-state index contributed by atoms with van der Waals surface area (Å²) in [6.07, 6.45) is 0.305. The monoisotopic (exact) mass is 456 g/mol. The predicted octanol–water partition coefficient (Wildman–Crippen LogP) is 2.78. The first kappa shape index (κ1) is 21.1. The maximum atomic E-state index is 12.4. The first-order valence-corrected chi connectivity index (χ1v) is 12.1. The number of amides is 2. The van der Waals surface area contributed by atoms with E-state index in [1.807, 2.05) is 37.3 Å². The van der Waals surface area contributed by atoms with E-state index in [0.29, 0.717) is 18.0 Å². The average Bonchev–Trinajstić information content (AvgIpc) is 3.35. The second kappa shape index (κ2) is 8.56. The number of benzene rings is 2. The number of anilines is 2. The van der Waals surface area contributed by atoms with Gasteiger partial charge in [0.05, 0.1) is 4.90 Å². The smallest absolute Gasteiger partial charge is 0.241 e. The number of sulfone groups is 1. The van der Waals surface area contributed by atoms with Gasteiger partial charge in [-0.25, -0.2) is 8.42 Å². The van der Waals surface area contributed by atoms with Gasteiger partial charge in [-0.3, -0.25) is 14.9 Å². The van der Waals surface area contributed by atoms with Crippen molar-refractivity contribution < 1.29 is 18.0 Å². The fourth-order valence-electron chi connectivity index (χ4n) is 3.34. The van der Waals surface area contributed by atoms with Crippen LogP contribution in [0.25, 0.3) is 0 Å². The lowest BCUT2D eigenvalue weighted by molar-refractivity contribution is -0.117. The molecule has 1 fully saturated rings. The Morgan fingerprint density at radius 2 is 1.84 bits per heavy atom. The van der Waals surface area contributed by atoms with Crippen molar-refractivity contribution in [1.82, 2.24) is 10.2 Å². The number of carbonyl (C=O) groups is 2. The number of hydrogen-bond donors (Lipinski definition) is 1. The summed E-state index contributed by atoms with van der Waals surface area (Å²) in [5, 5.41) is 11.4. The molecule has 4 rings (SSSR count). The summed E-state index contributed by atoms with van der Waals surface area (Å²) >= 11 is 1.15. The second-order valence-corrected chi connectivity index (χ2v) is 10.3. The van der Waals surface area contributed by atoms with Crippen LogP contribution in [0.5, 0.6) is 0 Å². The molecule has 1 aromatic heterocycles. The van der Waals surface area contributed by atoms with Crippen molar-refractivity contribution in [2.24, 2.45) is 0 Å². The molecule has 1 aliphatic rings. The third kappa shape index (κ3) is 4.80. The maximum Gasteiger partial charge on any atom is 0.241 e. The summed E-state index contributed by atoms with van der Waals surface area (Å²) in [7, 11) is -3.76. The van der Waals surface area contributed by atoms with Gasteiger partial charge in [-0.1, -0.05) is 47.2 Å². The van der Waals surface area contributed by atoms with Crippen LogP contribution in [0.3, 0.4) is 0 Å². The second-order valence-electron chi connectivity index (χ2n) is 7.31. The topological polar surface area (TPSA) is 109 Å². The van der Waals surface area contributed by atoms with Gasteiger partial charge in [0.25, 0.3) is 0 Å². The van der Waals surface area contributed by atoms with Crippen molar-refractivity contribution in [3.8, 4) is 0 Å². The molecular weight excluding hydrogens is 436 g/mol. The molecule has 0 radical (unpaired) electrons. The standard InChI is InChI=1S/C21H20N4O4S2/c1-14-7-9-17(10-8-14)31(28,29)13-18(26)22-21-24-23-20(30-21)15-11-19(27)25(12-15)16-5-3-2-4-6-16/h2-10,15H,11-13H2,1H3,(H,22,24,26)/t15-/m1/s1. The van der Waals surface area contributed by atoms with E-state index in [1.54, 1.807) is 17.0 Å². The molecule has 0 unspecified atom stereocenters. The minimum atomic E-state index is -3.76. The molecule has 160 valence electrons. The molecule has 1 N–H and O–H groups in total. The fraction of sp³-hybridized carbons (Fsp3) is 0.238. The Morgan fingerprint density at radius 3 is 2.55 bits per heavy atom. The van der Waals surface area contributed by atoms with E-state index in [2.05, 4.69) is 15.5 Å². The van der Waals surface area contributed by atoms with Gasteiger partial charge < -0.3 is 4.90 Å². The Balaban J connectivity index is 1.39. The van der Waals surface area contributed by atoms with Gasteiger partial charge >= 0.3 is 0 Å². The summed E-state index contributed by atoms with van der Waals surface area (Å²) in [4.78, 5) is 26.5. The molecule has 2 amide bonds. The molecular formula is C21H20N4O4S2. The van der Waals surface area contributed by atoms with Gasteiger partial charge in [-0.15, -0.1) is 10.2 Å². The first-order chi connectivity index (χ1) is 14.8. The van der Waals surface area contributed by atoms with Crippen LogP contribution in [0.1, 0.15) is 22.9 Å². The number of aryl methyl sites for hydroxylation is 1. The van der Waals surface area contributed by atoms with Gasteiger partial charge in [-0.2, -0.15) is 0 Å². The van der Waals surface area contributed by atoms with Gasteiger partial charge in [0.2, 0.25) is 16.9 Å². The summed E-state index contributed by atoms with van der Waals surface area (Å²) in [6.45, 7) is 2.33. The molecule has 1 atom stereocenters. The molecule has 1 saturated heterocycles. The van der Waals surface area contributed by atoms with Crippen LogP contribution in [-0.4, -0.2) is 42.7 Å². The minimum absolute atomic E-state index is 0.00109. The van der Waals surface area contributed by atoms with Gasteiger partial charge in [0.15, 0.2) is 9.84 Å². The highest BCUT2D eigenvalue weighted by molar-refractivity contribution is 7.92. The van der Waals surface area contributed by atoms with Crippen molar-refractivity contribution in [3.05, 3.63) is 65.2 Å². The van der Waals surface area contributed by atoms with Crippen LogP contribution in [0.2, 0.25) is 0 Å². The lowest BCUT2D eigenvalue weighted by atomic mass is 10.1. The fourth-order valence-corrected chi connectivity index (χ4v) is 5.32. The van der Waals surface area contributed by atoms with E-state index >= 15 is 0 Å². The van der Waals surface area contributed by atoms with Gasteiger partial charge in [0.1, 0.15) is 10.8 Å². The number of hydrogen-bond acceptors (Lipinski definition) is 7. The lowest BCUT2D eigenvalue weighted by Crippen LogP contribution is -2.24. The van der Waals surface area contributed by atoms with Crippen LogP contribution < -0.4 is 10.2 Å². The zero-order valence-corrected chi connectivity index (χ0v) is 18.3. The Bertz CT molecular complexity index is 1210. The third-order valence-corrected chi connectivity index (χ3v) is 7.56. The molecule has 3 aromatic rings. The number of nitrogens with zero attached hydrogens (tertiary/aromatic N) is 3. The number of nitrogens with one attached hydrogen (secondary N) is 1. The molecule has 0 saturated carbocycles. The van der Waals surface area contributed by atoms with Crippen molar-refractivity contribution in [3.63, 3.8) is 0 Å². The van der Waals surface area contributed by atoms with Crippen LogP contribution >= 0.6 is 11.3 Å². The zero-order valence-electron chi connectivity index (χ0n) is 16.7. The highest BCUT2D eigenvalue weighted by Crippen LogP contribution is 2.34.